The first-order chi connectivity index (χ1) is 11.1. The Kier molecular flexibility index (Phi) is 4.39. The summed E-state index contributed by atoms with van der Waals surface area (Å²) in [6.07, 6.45) is 0. The van der Waals surface area contributed by atoms with Gasteiger partial charge < -0.3 is 9.26 Å². The highest BCUT2D eigenvalue weighted by Gasteiger charge is 2.11. The molecule has 0 atom stereocenters. The van der Waals surface area contributed by atoms with Crippen LogP contribution in [-0.4, -0.2) is 11.1 Å². The number of hydrogen-bond donors (Lipinski definition) is 0. The van der Waals surface area contributed by atoms with Crippen LogP contribution in [0.2, 0.25) is 5.02 Å². The van der Waals surface area contributed by atoms with Crippen molar-refractivity contribution in [3.8, 4) is 11.3 Å². The quantitative estimate of drug-likeness (QED) is 0.661. The number of nitrogens with zero attached hydrogens (tertiary/aromatic N) is 1. The number of benzene rings is 2. The first-order valence-electron chi connectivity index (χ1n) is 6.76. The highest BCUT2D eigenvalue weighted by atomic mass is 35.5. The lowest BCUT2D eigenvalue weighted by Gasteiger charge is -2.02. The smallest absolute Gasteiger partial charge is 0.338 e. The molecule has 3 aromatic rings. The molecule has 0 saturated heterocycles. The summed E-state index contributed by atoms with van der Waals surface area (Å²) in [6.45, 7) is -0.0317. The molecule has 1 heterocycles. The minimum absolute atomic E-state index is 0.0317. The minimum Gasteiger partial charge on any atom is -0.455 e. The van der Waals surface area contributed by atoms with Gasteiger partial charge in [-0.15, -0.1) is 0 Å². The maximum Gasteiger partial charge on any atom is 0.338 e. The van der Waals surface area contributed by atoms with Crippen molar-refractivity contribution >= 4 is 17.6 Å². The predicted octanol–water partition coefficient (Wildman–Crippen LogP) is 4.49. The molecule has 6 heteroatoms. The maximum absolute atomic E-state index is 12.9. The van der Waals surface area contributed by atoms with Crippen LogP contribution in [0.4, 0.5) is 4.39 Å². The van der Waals surface area contributed by atoms with E-state index in [0.717, 1.165) is 0 Å². The fourth-order valence-electron chi connectivity index (χ4n) is 1.97. The zero-order chi connectivity index (χ0) is 16.2. The minimum atomic E-state index is -0.501. The Morgan fingerprint density at radius 1 is 1.17 bits per heavy atom. The van der Waals surface area contributed by atoms with Crippen molar-refractivity contribution in [3.05, 3.63) is 76.7 Å². The molecule has 0 saturated carbocycles. The standard InChI is InChI=1S/C17H11ClFNO3/c18-13-3-1-2-12(8-13)17(21)22-10-15-9-16(23-20-15)11-4-6-14(19)7-5-11/h1-9H,10H2. The third-order valence-electron chi connectivity index (χ3n) is 3.10. The van der Waals surface area contributed by atoms with Gasteiger partial charge in [-0.1, -0.05) is 22.8 Å². The monoisotopic (exact) mass is 331 g/mol. The SMILES string of the molecule is O=C(OCc1cc(-c2ccc(F)cc2)on1)c1cccc(Cl)c1. The molecule has 4 nitrogen and oxygen atoms in total. The molecule has 0 bridgehead atoms. The van der Waals surface area contributed by atoms with Crippen LogP contribution in [0.1, 0.15) is 16.1 Å². The Labute approximate surface area is 136 Å². The lowest BCUT2D eigenvalue weighted by Crippen LogP contribution is -2.05. The number of carbonyl (C=O) groups is 1. The average Bonchev–Trinajstić information content (AvgIpc) is 3.02. The summed E-state index contributed by atoms with van der Waals surface area (Å²) in [5.74, 6) is -0.360. The number of hydrogen-bond acceptors (Lipinski definition) is 4. The maximum atomic E-state index is 12.9. The van der Waals surface area contributed by atoms with Crippen molar-refractivity contribution in [1.29, 1.82) is 0 Å². The fourth-order valence-corrected chi connectivity index (χ4v) is 2.16. The van der Waals surface area contributed by atoms with E-state index in [1.807, 2.05) is 0 Å². The second-order valence-electron chi connectivity index (χ2n) is 4.78. The van der Waals surface area contributed by atoms with E-state index in [4.69, 9.17) is 20.9 Å². The molecule has 23 heavy (non-hydrogen) atoms. The number of ether oxygens (including phenoxy) is 1. The number of aromatic nitrogens is 1. The molecule has 0 aliphatic carbocycles. The van der Waals surface area contributed by atoms with Crippen LogP contribution in [0.25, 0.3) is 11.3 Å². The lowest BCUT2D eigenvalue weighted by atomic mass is 10.1. The summed E-state index contributed by atoms with van der Waals surface area (Å²) < 4.78 is 23.2. The molecule has 0 spiro atoms. The van der Waals surface area contributed by atoms with Crippen LogP contribution >= 0.6 is 11.6 Å². The third-order valence-corrected chi connectivity index (χ3v) is 3.33. The van der Waals surface area contributed by atoms with E-state index >= 15 is 0 Å². The van der Waals surface area contributed by atoms with Crippen molar-refractivity contribution in [2.24, 2.45) is 0 Å². The summed E-state index contributed by atoms with van der Waals surface area (Å²) in [5.41, 5.74) is 1.51. The highest BCUT2D eigenvalue weighted by Crippen LogP contribution is 2.21. The van der Waals surface area contributed by atoms with Gasteiger partial charge in [-0.25, -0.2) is 9.18 Å². The second-order valence-corrected chi connectivity index (χ2v) is 5.21. The normalized spacial score (nSPS) is 10.5. The number of rotatable bonds is 4. The molecule has 0 unspecified atom stereocenters. The van der Waals surface area contributed by atoms with E-state index in [1.54, 1.807) is 36.4 Å². The number of carbonyl (C=O) groups excluding carboxylic acids is 1. The van der Waals surface area contributed by atoms with Crippen molar-refractivity contribution in [1.82, 2.24) is 5.16 Å². The van der Waals surface area contributed by atoms with Gasteiger partial charge in [0.15, 0.2) is 5.76 Å². The van der Waals surface area contributed by atoms with Gasteiger partial charge in [0.25, 0.3) is 0 Å². The van der Waals surface area contributed by atoms with Crippen LogP contribution in [0, 0.1) is 5.82 Å². The topological polar surface area (TPSA) is 52.3 Å². The van der Waals surface area contributed by atoms with Gasteiger partial charge >= 0.3 is 5.97 Å². The zero-order valence-electron chi connectivity index (χ0n) is 11.8. The Hall–Kier alpha value is -2.66. The molecule has 2 aromatic carbocycles. The van der Waals surface area contributed by atoms with Crippen molar-refractivity contribution < 1.29 is 18.4 Å². The summed E-state index contributed by atoms with van der Waals surface area (Å²) in [6, 6.07) is 13.9. The Morgan fingerprint density at radius 3 is 2.70 bits per heavy atom. The Balaban J connectivity index is 1.65. The fraction of sp³-hybridized carbons (Fsp3) is 0.0588. The summed E-state index contributed by atoms with van der Waals surface area (Å²) in [7, 11) is 0. The van der Waals surface area contributed by atoms with Gasteiger partial charge in [0, 0.05) is 16.7 Å². The van der Waals surface area contributed by atoms with E-state index in [-0.39, 0.29) is 12.4 Å². The van der Waals surface area contributed by atoms with Gasteiger partial charge in [-0.3, -0.25) is 0 Å². The summed E-state index contributed by atoms with van der Waals surface area (Å²) in [4.78, 5) is 11.9. The Morgan fingerprint density at radius 2 is 1.96 bits per heavy atom. The van der Waals surface area contributed by atoms with Crippen molar-refractivity contribution in [2.45, 2.75) is 6.61 Å². The number of halogens is 2. The van der Waals surface area contributed by atoms with Gasteiger partial charge in [0.05, 0.1) is 5.56 Å². The van der Waals surface area contributed by atoms with Gasteiger partial charge in [0.2, 0.25) is 0 Å². The van der Waals surface area contributed by atoms with Crippen molar-refractivity contribution in [2.75, 3.05) is 0 Å². The molecule has 0 amide bonds. The first kappa shape index (κ1) is 15.2. The molecule has 0 radical (unpaired) electrons. The van der Waals surface area contributed by atoms with Gasteiger partial charge in [-0.05, 0) is 42.5 Å². The molecule has 0 aliphatic rings. The van der Waals surface area contributed by atoms with E-state index in [9.17, 15) is 9.18 Å². The molecule has 1 aromatic heterocycles. The van der Waals surface area contributed by atoms with Crippen LogP contribution in [0.5, 0.6) is 0 Å². The summed E-state index contributed by atoms with van der Waals surface area (Å²) in [5, 5.41) is 4.28. The van der Waals surface area contributed by atoms with Crippen LogP contribution in [0.15, 0.2) is 59.1 Å². The second kappa shape index (κ2) is 6.62. The van der Waals surface area contributed by atoms with Crippen LogP contribution in [-0.2, 0) is 11.3 Å². The number of esters is 1. The van der Waals surface area contributed by atoms with E-state index in [0.29, 0.717) is 27.6 Å². The van der Waals surface area contributed by atoms with Crippen LogP contribution in [0.3, 0.4) is 0 Å². The molecule has 116 valence electrons. The largest absolute Gasteiger partial charge is 0.455 e. The Bertz CT molecular complexity index is 830. The molecular weight excluding hydrogens is 321 g/mol. The molecular formula is C17H11ClFNO3. The zero-order valence-corrected chi connectivity index (χ0v) is 12.6. The van der Waals surface area contributed by atoms with Gasteiger partial charge in [0.1, 0.15) is 18.1 Å². The molecule has 0 fully saturated rings. The molecule has 0 N–H and O–H groups in total. The lowest BCUT2D eigenvalue weighted by molar-refractivity contribution is 0.0464. The van der Waals surface area contributed by atoms with E-state index in [1.165, 1.54) is 18.2 Å². The first-order valence-corrected chi connectivity index (χ1v) is 7.14. The van der Waals surface area contributed by atoms with E-state index < -0.39 is 5.97 Å². The van der Waals surface area contributed by atoms with E-state index in [2.05, 4.69) is 5.16 Å². The third kappa shape index (κ3) is 3.76. The predicted molar refractivity (Wildman–Crippen MR) is 82.5 cm³/mol. The molecule has 0 aliphatic heterocycles. The average molecular weight is 332 g/mol. The molecule has 3 rings (SSSR count). The van der Waals surface area contributed by atoms with Crippen molar-refractivity contribution in [3.63, 3.8) is 0 Å². The summed E-state index contributed by atoms with van der Waals surface area (Å²) >= 11 is 5.83. The highest BCUT2D eigenvalue weighted by molar-refractivity contribution is 6.30. The van der Waals surface area contributed by atoms with Gasteiger partial charge in [-0.2, -0.15) is 0 Å². The van der Waals surface area contributed by atoms with Crippen LogP contribution < -0.4 is 0 Å².